The first kappa shape index (κ1) is 20.3. The lowest BCUT2D eigenvalue weighted by Gasteiger charge is -2.09. The van der Waals surface area contributed by atoms with Gasteiger partial charge in [0.05, 0.1) is 7.11 Å². The fourth-order valence-electron chi connectivity index (χ4n) is 3.70. The largest absolute Gasteiger partial charge is 0.497 e. The number of aromatic nitrogens is 3. The number of hydrogen-bond donors (Lipinski definition) is 2. The Kier molecular flexibility index (Phi) is 5.24. The van der Waals surface area contributed by atoms with Gasteiger partial charge < -0.3 is 14.6 Å². The number of nitrogens with one attached hydrogen (secondary N) is 2. The number of carbonyl (C=O) groups is 1. The van der Waals surface area contributed by atoms with Gasteiger partial charge in [0, 0.05) is 46.5 Å². The fourth-order valence-corrected chi connectivity index (χ4v) is 3.70. The third kappa shape index (κ3) is 4.27. The van der Waals surface area contributed by atoms with Gasteiger partial charge in [0.1, 0.15) is 5.75 Å². The Labute approximate surface area is 188 Å². The molecule has 33 heavy (non-hydrogen) atoms. The molecule has 2 aromatic heterocycles. The number of rotatable bonds is 6. The van der Waals surface area contributed by atoms with E-state index in [9.17, 15) is 9.59 Å². The molecule has 0 aliphatic carbocycles. The van der Waals surface area contributed by atoms with Crippen molar-refractivity contribution in [2.24, 2.45) is 0 Å². The minimum absolute atomic E-state index is 0.181. The molecular formula is C25H20N4O4. The number of hydrogen-bond acceptors (Lipinski definition) is 5. The predicted octanol–water partition coefficient (Wildman–Crippen LogP) is 4.29. The van der Waals surface area contributed by atoms with Crippen LogP contribution >= 0.6 is 0 Å². The van der Waals surface area contributed by atoms with Crippen molar-refractivity contribution in [1.82, 2.24) is 14.7 Å². The van der Waals surface area contributed by atoms with Crippen molar-refractivity contribution in [2.75, 3.05) is 12.4 Å². The van der Waals surface area contributed by atoms with E-state index in [4.69, 9.17) is 4.74 Å². The van der Waals surface area contributed by atoms with E-state index in [1.807, 2.05) is 72.9 Å². The van der Waals surface area contributed by atoms with Crippen LogP contribution in [-0.2, 0) is 6.54 Å². The van der Waals surface area contributed by atoms with Crippen molar-refractivity contribution in [1.29, 1.82) is 0 Å². The van der Waals surface area contributed by atoms with Gasteiger partial charge in [0.2, 0.25) is 0 Å². The summed E-state index contributed by atoms with van der Waals surface area (Å²) in [6.07, 6.45) is 2.00. The topological polar surface area (TPSA) is 102 Å². The number of fused-ring (bicyclic) bond motifs is 1. The standard InChI is InChI=1S/C25H20N4O4/c1-32-21-4-2-3-20(14-21)26-24(30)17-7-5-16(6-8-17)15-29-12-11-18-13-19(9-10-22(18)29)23-27-25(31)33-28-23/h2-14H,15H2,1H3,(H,26,30)(H,27,28,31). The molecule has 0 spiro atoms. The summed E-state index contributed by atoms with van der Waals surface area (Å²) in [6, 6.07) is 22.6. The second kappa shape index (κ2) is 8.51. The predicted molar refractivity (Wildman–Crippen MR) is 125 cm³/mol. The Balaban J connectivity index is 1.30. The highest BCUT2D eigenvalue weighted by Gasteiger charge is 2.10. The first-order chi connectivity index (χ1) is 16.1. The number of methoxy groups -OCH3 is 1. The normalized spacial score (nSPS) is 10.9. The minimum atomic E-state index is -0.580. The molecule has 8 heteroatoms. The van der Waals surface area contributed by atoms with Gasteiger partial charge in [-0.15, -0.1) is 0 Å². The molecule has 2 heterocycles. The van der Waals surface area contributed by atoms with Crippen LogP contribution in [0.5, 0.6) is 5.75 Å². The lowest BCUT2D eigenvalue weighted by atomic mass is 10.1. The highest BCUT2D eigenvalue weighted by atomic mass is 16.5. The molecule has 0 bridgehead atoms. The molecule has 0 saturated carbocycles. The van der Waals surface area contributed by atoms with Crippen LogP contribution in [0.15, 0.2) is 88.3 Å². The van der Waals surface area contributed by atoms with E-state index in [-0.39, 0.29) is 5.91 Å². The maximum absolute atomic E-state index is 12.6. The van der Waals surface area contributed by atoms with E-state index in [1.165, 1.54) is 0 Å². The molecule has 0 aliphatic heterocycles. The smallest absolute Gasteiger partial charge is 0.439 e. The van der Waals surface area contributed by atoms with Crippen molar-refractivity contribution in [3.05, 3.63) is 101 Å². The fraction of sp³-hybridized carbons (Fsp3) is 0.0800. The molecule has 1 amide bonds. The van der Waals surface area contributed by atoms with Gasteiger partial charge in [-0.2, -0.15) is 0 Å². The van der Waals surface area contributed by atoms with Gasteiger partial charge in [-0.25, -0.2) is 4.79 Å². The van der Waals surface area contributed by atoms with Crippen LogP contribution in [0.25, 0.3) is 22.3 Å². The second-order valence-corrected chi connectivity index (χ2v) is 7.54. The minimum Gasteiger partial charge on any atom is -0.497 e. The summed E-state index contributed by atoms with van der Waals surface area (Å²) in [4.78, 5) is 26.3. The zero-order valence-electron chi connectivity index (χ0n) is 17.7. The number of amides is 1. The Morgan fingerprint density at radius 2 is 1.94 bits per heavy atom. The highest BCUT2D eigenvalue weighted by molar-refractivity contribution is 6.04. The molecule has 8 nitrogen and oxygen atoms in total. The van der Waals surface area contributed by atoms with Gasteiger partial charge in [-0.3, -0.25) is 14.3 Å². The molecule has 0 fully saturated rings. The van der Waals surface area contributed by atoms with Crippen LogP contribution in [0.4, 0.5) is 5.69 Å². The van der Waals surface area contributed by atoms with Crippen LogP contribution in [-0.4, -0.2) is 27.7 Å². The quantitative estimate of drug-likeness (QED) is 0.410. The number of carbonyl (C=O) groups excluding carboxylic acids is 1. The zero-order valence-corrected chi connectivity index (χ0v) is 17.7. The molecule has 0 radical (unpaired) electrons. The number of H-pyrrole nitrogens is 1. The Bertz CT molecular complexity index is 1490. The third-order valence-corrected chi connectivity index (χ3v) is 5.38. The SMILES string of the molecule is COc1cccc(NC(=O)c2ccc(Cn3ccc4cc(-c5noc(=O)[nH]5)ccc43)cc2)c1. The Morgan fingerprint density at radius 1 is 1.09 bits per heavy atom. The molecule has 0 saturated heterocycles. The summed E-state index contributed by atoms with van der Waals surface area (Å²) in [6.45, 7) is 0.654. The molecule has 5 rings (SSSR count). The molecule has 0 aliphatic rings. The first-order valence-electron chi connectivity index (χ1n) is 10.3. The number of aromatic amines is 1. The lowest BCUT2D eigenvalue weighted by Crippen LogP contribution is -2.12. The zero-order chi connectivity index (χ0) is 22.8. The van der Waals surface area contributed by atoms with Gasteiger partial charge in [-0.1, -0.05) is 23.4 Å². The lowest BCUT2D eigenvalue weighted by molar-refractivity contribution is 0.102. The summed E-state index contributed by atoms with van der Waals surface area (Å²) < 4.78 is 11.9. The van der Waals surface area contributed by atoms with Crippen molar-refractivity contribution < 1.29 is 14.1 Å². The summed E-state index contributed by atoms with van der Waals surface area (Å²) in [5, 5.41) is 7.64. The summed E-state index contributed by atoms with van der Waals surface area (Å²) in [5.74, 6) is 0.323. The summed E-state index contributed by atoms with van der Waals surface area (Å²) in [5.41, 5.74) is 4.14. The van der Waals surface area contributed by atoms with Crippen molar-refractivity contribution in [2.45, 2.75) is 6.54 Å². The molecule has 164 valence electrons. The van der Waals surface area contributed by atoms with E-state index < -0.39 is 5.76 Å². The van der Waals surface area contributed by atoms with E-state index in [1.54, 1.807) is 13.2 Å². The third-order valence-electron chi connectivity index (χ3n) is 5.38. The van der Waals surface area contributed by atoms with Gasteiger partial charge >= 0.3 is 5.76 Å². The number of benzene rings is 3. The number of anilines is 1. The van der Waals surface area contributed by atoms with Crippen molar-refractivity contribution >= 4 is 22.5 Å². The van der Waals surface area contributed by atoms with Crippen LogP contribution < -0.4 is 15.8 Å². The first-order valence-corrected chi connectivity index (χ1v) is 10.3. The number of nitrogens with zero attached hydrogens (tertiary/aromatic N) is 2. The Morgan fingerprint density at radius 3 is 2.70 bits per heavy atom. The van der Waals surface area contributed by atoms with Crippen LogP contribution in [0, 0.1) is 0 Å². The van der Waals surface area contributed by atoms with Crippen molar-refractivity contribution in [3.63, 3.8) is 0 Å². The van der Waals surface area contributed by atoms with Gasteiger partial charge in [-0.05, 0) is 54.1 Å². The Hall–Kier alpha value is -4.59. The number of ether oxygens (including phenoxy) is 1. The van der Waals surface area contributed by atoms with Gasteiger partial charge in [0.25, 0.3) is 5.91 Å². The van der Waals surface area contributed by atoms with Crippen LogP contribution in [0.3, 0.4) is 0 Å². The molecular weight excluding hydrogens is 420 g/mol. The van der Waals surface area contributed by atoms with Crippen LogP contribution in [0.1, 0.15) is 15.9 Å². The maximum atomic E-state index is 12.6. The highest BCUT2D eigenvalue weighted by Crippen LogP contribution is 2.23. The van der Waals surface area contributed by atoms with E-state index >= 15 is 0 Å². The maximum Gasteiger partial charge on any atom is 0.439 e. The average Bonchev–Trinajstić information content (AvgIpc) is 3.45. The molecule has 0 unspecified atom stereocenters. The molecule has 5 aromatic rings. The molecule has 2 N–H and O–H groups in total. The van der Waals surface area contributed by atoms with E-state index in [2.05, 4.69) is 24.5 Å². The van der Waals surface area contributed by atoms with E-state index in [0.717, 1.165) is 22.0 Å². The van der Waals surface area contributed by atoms with Crippen molar-refractivity contribution in [3.8, 4) is 17.1 Å². The molecule has 3 aromatic carbocycles. The summed E-state index contributed by atoms with van der Waals surface area (Å²) in [7, 11) is 1.59. The second-order valence-electron chi connectivity index (χ2n) is 7.54. The summed E-state index contributed by atoms with van der Waals surface area (Å²) >= 11 is 0. The molecule has 0 atom stereocenters. The average molecular weight is 440 g/mol. The van der Waals surface area contributed by atoms with E-state index in [0.29, 0.717) is 29.4 Å². The van der Waals surface area contributed by atoms with Gasteiger partial charge in [0.15, 0.2) is 5.82 Å². The van der Waals surface area contributed by atoms with Crippen LogP contribution in [0.2, 0.25) is 0 Å². The monoisotopic (exact) mass is 440 g/mol.